The summed E-state index contributed by atoms with van der Waals surface area (Å²) in [7, 11) is 0. The summed E-state index contributed by atoms with van der Waals surface area (Å²) >= 11 is 0. The van der Waals surface area contributed by atoms with Gasteiger partial charge in [0.05, 0.1) is 30.4 Å². The number of nitrogens with one attached hydrogen (secondary N) is 1. The Labute approximate surface area is 127 Å². The molecule has 0 unspecified atom stereocenters. The molecule has 0 fully saturated rings. The topological polar surface area (TPSA) is 102 Å². The predicted molar refractivity (Wildman–Crippen MR) is 79.7 cm³/mol. The smallest absolute Gasteiger partial charge is 0.305 e. The second-order valence-corrected chi connectivity index (χ2v) is 4.98. The molecule has 2 aromatic rings. The molecule has 22 heavy (non-hydrogen) atoms. The van der Waals surface area contributed by atoms with Gasteiger partial charge >= 0.3 is 5.97 Å². The molecule has 0 bridgehead atoms. The fraction of sp³-hybridized carbons (Fsp3) is 0.429. The zero-order valence-corrected chi connectivity index (χ0v) is 12.6. The van der Waals surface area contributed by atoms with Gasteiger partial charge in [0, 0.05) is 18.8 Å². The highest BCUT2D eigenvalue weighted by Gasteiger charge is 2.13. The first-order chi connectivity index (χ1) is 10.5. The lowest BCUT2D eigenvalue weighted by Crippen LogP contribution is -2.15. The van der Waals surface area contributed by atoms with E-state index in [0.717, 1.165) is 18.7 Å². The van der Waals surface area contributed by atoms with Crippen LogP contribution in [-0.2, 0) is 17.9 Å². The van der Waals surface area contributed by atoms with Crippen molar-refractivity contribution < 1.29 is 14.7 Å². The lowest BCUT2D eigenvalue weighted by molar-refractivity contribution is -0.137. The van der Waals surface area contributed by atoms with Gasteiger partial charge in [-0.25, -0.2) is 4.68 Å². The number of hydrogen-bond acceptors (Lipinski definition) is 4. The van der Waals surface area contributed by atoms with Crippen molar-refractivity contribution in [1.29, 1.82) is 0 Å². The molecule has 8 heteroatoms. The maximum absolute atomic E-state index is 12.2. The van der Waals surface area contributed by atoms with Crippen molar-refractivity contribution in [1.82, 2.24) is 19.6 Å². The Balaban J connectivity index is 2.04. The third kappa shape index (κ3) is 3.94. The molecule has 0 aromatic carbocycles. The number of carbonyl (C=O) groups is 2. The van der Waals surface area contributed by atoms with Crippen molar-refractivity contribution in [3.05, 3.63) is 29.7 Å². The highest BCUT2D eigenvalue weighted by atomic mass is 16.4. The Kier molecular flexibility index (Phi) is 4.92. The average Bonchev–Trinajstić information content (AvgIpc) is 3.04. The zero-order chi connectivity index (χ0) is 16.1. The highest BCUT2D eigenvalue weighted by molar-refractivity contribution is 6.03. The molecule has 8 nitrogen and oxygen atoms in total. The summed E-state index contributed by atoms with van der Waals surface area (Å²) in [6.07, 6.45) is 3.83. The van der Waals surface area contributed by atoms with E-state index in [1.165, 1.54) is 17.1 Å². The van der Waals surface area contributed by atoms with Crippen molar-refractivity contribution in [2.24, 2.45) is 0 Å². The van der Waals surface area contributed by atoms with E-state index in [4.69, 9.17) is 5.11 Å². The number of nitrogens with zero attached hydrogens (tertiary/aromatic N) is 4. The van der Waals surface area contributed by atoms with Gasteiger partial charge in [0.25, 0.3) is 5.91 Å². The number of aromatic nitrogens is 4. The standard InChI is InChI=1S/C14H19N5O3/c1-3-5-19-12(7-10(2)17-19)16-14(22)11-8-15-18(9-11)6-4-13(20)21/h7-9H,3-6H2,1-2H3,(H,16,22)(H,20,21). The third-order valence-electron chi connectivity index (χ3n) is 3.03. The van der Waals surface area contributed by atoms with Gasteiger partial charge in [-0.15, -0.1) is 0 Å². The summed E-state index contributed by atoms with van der Waals surface area (Å²) < 4.78 is 3.19. The van der Waals surface area contributed by atoms with Gasteiger partial charge in [0.1, 0.15) is 5.82 Å². The molecule has 0 saturated heterocycles. The highest BCUT2D eigenvalue weighted by Crippen LogP contribution is 2.12. The summed E-state index contributed by atoms with van der Waals surface area (Å²) in [5, 5.41) is 19.7. The molecule has 1 amide bonds. The predicted octanol–water partition coefficient (Wildman–Crippen LogP) is 1.53. The van der Waals surface area contributed by atoms with Crippen LogP contribution in [0.4, 0.5) is 5.82 Å². The Morgan fingerprint density at radius 3 is 2.82 bits per heavy atom. The Morgan fingerprint density at radius 2 is 2.14 bits per heavy atom. The Bertz CT molecular complexity index is 674. The van der Waals surface area contributed by atoms with Gasteiger partial charge in [0.15, 0.2) is 0 Å². The number of hydrogen-bond donors (Lipinski definition) is 2. The molecular weight excluding hydrogens is 286 g/mol. The maximum Gasteiger partial charge on any atom is 0.305 e. The zero-order valence-electron chi connectivity index (χ0n) is 12.6. The van der Waals surface area contributed by atoms with Crippen molar-refractivity contribution in [3.8, 4) is 0 Å². The van der Waals surface area contributed by atoms with Crippen LogP contribution in [0.5, 0.6) is 0 Å². The summed E-state index contributed by atoms with van der Waals surface area (Å²) in [6.45, 7) is 4.86. The Morgan fingerprint density at radius 1 is 1.36 bits per heavy atom. The molecule has 2 aromatic heterocycles. The fourth-order valence-corrected chi connectivity index (χ4v) is 2.03. The fourth-order valence-electron chi connectivity index (χ4n) is 2.03. The number of aryl methyl sites for hydroxylation is 3. The summed E-state index contributed by atoms with van der Waals surface area (Å²) in [5.41, 5.74) is 1.22. The summed E-state index contributed by atoms with van der Waals surface area (Å²) in [4.78, 5) is 22.7. The van der Waals surface area contributed by atoms with Crippen LogP contribution < -0.4 is 5.32 Å². The Hall–Kier alpha value is -2.64. The molecule has 2 N–H and O–H groups in total. The number of amides is 1. The van der Waals surface area contributed by atoms with E-state index in [1.54, 1.807) is 4.68 Å². The maximum atomic E-state index is 12.2. The van der Waals surface area contributed by atoms with Crippen molar-refractivity contribution in [3.63, 3.8) is 0 Å². The van der Waals surface area contributed by atoms with E-state index < -0.39 is 5.97 Å². The molecule has 0 atom stereocenters. The molecule has 0 aliphatic carbocycles. The number of carboxylic acid groups (broad SMARTS) is 1. The van der Waals surface area contributed by atoms with Gasteiger partial charge in [0.2, 0.25) is 0 Å². The van der Waals surface area contributed by atoms with E-state index >= 15 is 0 Å². The molecule has 118 valence electrons. The summed E-state index contributed by atoms with van der Waals surface area (Å²) in [6, 6.07) is 1.81. The number of anilines is 1. The minimum Gasteiger partial charge on any atom is -0.481 e. The average molecular weight is 305 g/mol. The molecule has 0 aliphatic rings. The number of carbonyl (C=O) groups excluding carboxylic acids is 1. The van der Waals surface area contributed by atoms with E-state index in [9.17, 15) is 9.59 Å². The minimum absolute atomic E-state index is 0.0365. The van der Waals surface area contributed by atoms with Crippen molar-refractivity contribution in [2.45, 2.75) is 39.8 Å². The molecule has 2 rings (SSSR count). The van der Waals surface area contributed by atoms with Crippen LogP contribution in [0.2, 0.25) is 0 Å². The lowest BCUT2D eigenvalue weighted by Gasteiger charge is -2.06. The second kappa shape index (κ2) is 6.88. The molecule has 0 saturated carbocycles. The number of rotatable bonds is 7. The first-order valence-electron chi connectivity index (χ1n) is 7.09. The van der Waals surface area contributed by atoms with Gasteiger partial charge in [-0.05, 0) is 13.3 Å². The van der Waals surface area contributed by atoms with Crippen molar-refractivity contribution in [2.75, 3.05) is 5.32 Å². The molecule has 0 spiro atoms. The van der Waals surface area contributed by atoms with Crippen LogP contribution in [0.15, 0.2) is 18.5 Å². The van der Waals surface area contributed by atoms with Crippen LogP contribution in [0, 0.1) is 6.92 Å². The van der Waals surface area contributed by atoms with Crippen LogP contribution >= 0.6 is 0 Å². The normalized spacial score (nSPS) is 10.6. The van der Waals surface area contributed by atoms with Crippen LogP contribution in [0.25, 0.3) is 0 Å². The molecule has 0 radical (unpaired) electrons. The van der Waals surface area contributed by atoms with Gasteiger partial charge in [-0.2, -0.15) is 10.2 Å². The summed E-state index contributed by atoms with van der Waals surface area (Å²) in [5.74, 6) is -0.554. The molecule has 2 heterocycles. The quantitative estimate of drug-likeness (QED) is 0.807. The van der Waals surface area contributed by atoms with Crippen LogP contribution in [-0.4, -0.2) is 36.5 Å². The van der Waals surface area contributed by atoms with E-state index in [1.807, 2.05) is 19.9 Å². The first-order valence-corrected chi connectivity index (χ1v) is 7.09. The largest absolute Gasteiger partial charge is 0.481 e. The molecule has 0 aliphatic heterocycles. The van der Waals surface area contributed by atoms with E-state index in [2.05, 4.69) is 15.5 Å². The third-order valence-corrected chi connectivity index (χ3v) is 3.03. The monoisotopic (exact) mass is 305 g/mol. The van der Waals surface area contributed by atoms with Gasteiger partial charge < -0.3 is 10.4 Å². The number of aliphatic carboxylic acids is 1. The van der Waals surface area contributed by atoms with Gasteiger partial charge in [-0.1, -0.05) is 6.92 Å². The van der Waals surface area contributed by atoms with Crippen molar-refractivity contribution >= 4 is 17.7 Å². The van der Waals surface area contributed by atoms with Crippen LogP contribution in [0.1, 0.15) is 35.8 Å². The van der Waals surface area contributed by atoms with E-state index in [-0.39, 0.29) is 18.9 Å². The number of carboxylic acids is 1. The lowest BCUT2D eigenvalue weighted by atomic mass is 10.3. The van der Waals surface area contributed by atoms with E-state index in [0.29, 0.717) is 11.4 Å². The first kappa shape index (κ1) is 15.7. The second-order valence-electron chi connectivity index (χ2n) is 4.98. The van der Waals surface area contributed by atoms with Crippen LogP contribution in [0.3, 0.4) is 0 Å². The minimum atomic E-state index is -0.902. The molecular formula is C14H19N5O3. The van der Waals surface area contributed by atoms with Gasteiger partial charge in [-0.3, -0.25) is 14.3 Å². The SMILES string of the molecule is CCCn1nc(C)cc1NC(=O)c1cnn(CCC(=O)O)c1.